The molecule has 0 bridgehead atoms. The second-order valence-electron chi connectivity index (χ2n) is 6.25. The maximum atomic E-state index is 13.2. The lowest BCUT2D eigenvalue weighted by molar-refractivity contribution is 0.0785. The van der Waals surface area contributed by atoms with Crippen molar-refractivity contribution in [3.63, 3.8) is 0 Å². The highest BCUT2D eigenvalue weighted by Crippen LogP contribution is 2.14. The van der Waals surface area contributed by atoms with Gasteiger partial charge in [0.15, 0.2) is 0 Å². The number of nitrogens with one attached hydrogen (secondary N) is 1. The van der Waals surface area contributed by atoms with Gasteiger partial charge in [0.1, 0.15) is 5.82 Å². The first-order chi connectivity index (χ1) is 12.2. The molecule has 0 saturated heterocycles. The minimum absolute atomic E-state index is 0.113. The average Bonchev–Trinajstić information content (AvgIpc) is 2.60. The fourth-order valence-corrected chi connectivity index (χ4v) is 3.72. The van der Waals surface area contributed by atoms with Gasteiger partial charge in [-0.05, 0) is 55.3 Å². The van der Waals surface area contributed by atoms with E-state index in [9.17, 15) is 17.6 Å². The van der Waals surface area contributed by atoms with Crippen molar-refractivity contribution in [2.24, 2.45) is 0 Å². The molecule has 140 valence electrons. The number of carbonyl (C=O) groups excluding carboxylic acids is 1. The second kappa shape index (κ2) is 8.42. The third-order valence-corrected chi connectivity index (χ3v) is 5.64. The van der Waals surface area contributed by atoms with Gasteiger partial charge in [0.25, 0.3) is 5.91 Å². The summed E-state index contributed by atoms with van der Waals surface area (Å²) in [6, 6.07) is 11.7. The Balaban J connectivity index is 2.10. The molecule has 2 aromatic rings. The Morgan fingerprint density at radius 3 is 2.42 bits per heavy atom. The molecule has 1 N–H and O–H groups in total. The van der Waals surface area contributed by atoms with Crippen molar-refractivity contribution in [3.8, 4) is 0 Å². The van der Waals surface area contributed by atoms with Gasteiger partial charge in [0, 0.05) is 25.2 Å². The third kappa shape index (κ3) is 5.12. The fraction of sp³-hybridized carbons (Fsp3) is 0.316. The Hall–Kier alpha value is -2.25. The minimum Gasteiger partial charge on any atom is -0.337 e. The molecule has 0 aliphatic carbocycles. The predicted octanol–water partition coefficient (Wildman–Crippen LogP) is 3.17. The molecule has 0 aliphatic heterocycles. The number of sulfonamides is 1. The Bertz CT molecular complexity index is 867. The van der Waals surface area contributed by atoms with Crippen LogP contribution in [-0.2, 0) is 16.6 Å². The summed E-state index contributed by atoms with van der Waals surface area (Å²) in [5.74, 6) is -0.625. The van der Waals surface area contributed by atoms with Crippen molar-refractivity contribution in [2.75, 3.05) is 7.05 Å². The molecule has 0 heterocycles. The topological polar surface area (TPSA) is 66.5 Å². The highest BCUT2D eigenvalue weighted by atomic mass is 32.2. The highest BCUT2D eigenvalue weighted by molar-refractivity contribution is 7.89. The number of nitrogens with zero attached hydrogens (tertiary/aromatic N) is 1. The summed E-state index contributed by atoms with van der Waals surface area (Å²) >= 11 is 0. The second-order valence-corrected chi connectivity index (χ2v) is 7.96. The molecule has 1 unspecified atom stereocenters. The van der Waals surface area contributed by atoms with E-state index in [1.165, 1.54) is 41.3 Å². The number of hydrogen-bond donors (Lipinski definition) is 1. The Morgan fingerprint density at radius 1 is 1.19 bits per heavy atom. The molecule has 7 heteroatoms. The smallest absolute Gasteiger partial charge is 0.253 e. The lowest BCUT2D eigenvalue weighted by atomic mass is 10.1. The minimum atomic E-state index is -3.60. The van der Waals surface area contributed by atoms with Gasteiger partial charge in [-0.1, -0.05) is 19.1 Å². The summed E-state index contributed by atoms with van der Waals surface area (Å²) in [5.41, 5.74) is 1.05. The zero-order chi connectivity index (χ0) is 19.3. The van der Waals surface area contributed by atoms with Crippen molar-refractivity contribution in [1.82, 2.24) is 9.62 Å². The summed E-state index contributed by atoms with van der Waals surface area (Å²) in [5, 5.41) is 0. The Kier molecular flexibility index (Phi) is 6.50. The zero-order valence-electron chi connectivity index (χ0n) is 15.1. The van der Waals surface area contributed by atoms with E-state index < -0.39 is 10.0 Å². The number of benzene rings is 2. The van der Waals surface area contributed by atoms with Gasteiger partial charge in [-0.15, -0.1) is 0 Å². The zero-order valence-corrected chi connectivity index (χ0v) is 15.9. The molecule has 1 amide bonds. The van der Waals surface area contributed by atoms with Gasteiger partial charge in [-0.25, -0.2) is 17.5 Å². The van der Waals surface area contributed by atoms with Gasteiger partial charge < -0.3 is 4.90 Å². The quantitative estimate of drug-likeness (QED) is 0.805. The number of carbonyl (C=O) groups is 1. The van der Waals surface area contributed by atoms with Crippen LogP contribution in [0.5, 0.6) is 0 Å². The molecule has 26 heavy (non-hydrogen) atoms. The monoisotopic (exact) mass is 378 g/mol. The Morgan fingerprint density at radius 2 is 1.85 bits per heavy atom. The van der Waals surface area contributed by atoms with Gasteiger partial charge in [-0.3, -0.25) is 4.79 Å². The molecular weight excluding hydrogens is 355 g/mol. The first kappa shape index (κ1) is 20.1. The summed E-state index contributed by atoms with van der Waals surface area (Å²) in [7, 11) is -1.99. The van der Waals surface area contributed by atoms with Crippen LogP contribution in [-0.4, -0.2) is 32.3 Å². The lowest BCUT2D eigenvalue weighted by Crippen LogP contribution is -2.32. The van der Waals surface area contributed by atoms with Crippen LogP contribution in [0.3, 0.4) is 0 Å². The van der Waals surface area contributed by atoms with Crippen LogP contribution in [0, 0.1) is 5.82 Å². The molecule has 0 spiro atoms. The van der Waals surface area contributed by atoms with Crippen LogP contribution < -0.4 is 4.72 Å². The summed E-state index contributed by atoms with van der Waals surface area (Å²) in [6.07, 6.45) is 0.681. The van der Waals surface area contributed by atoms with E-state index >= 15 is 0 Å². The molecule has 0 aromatic heterocycles. The fourth-order valence-electron chi connectivity index (χ4n) is 2.39. The van der Waals surface area contributed by atoms with E-state index in [1.54, 1.807) is 26.1 Å². The molecule has 2 rings (SSSR count). The van der Waals surface area contributed by atoms with Crippen molar-refractivity contribution in [1.29, 1.82) is 0 Å². The van der Waals surface area contributed by atoms with Gasteiger partial charge in [-0.2, -0.15) is 0 Å². The SMILES string of the molecule is CCC(C)NS(=O)(=O)c1ccc(C(=O)N(C)Cc2cccc(F)c2)cc1. The number of rotatable bonds is 7. The Labute approximate surface area is 153 Å². The van der Waals surface area contributed by atoms with Crippen molar-refractivity contribution < 1.29 is 17.6 Å². The van der Waals surface area contributed by atoms with Crippen LogP contribution in [0.4, 0.5) is 4.39 Å². The van der Waals surface area contributed by atoms with Crippen molar-refractivity contribution in [2.45, 2.75) is 37.8 Å². The molecule has 2 aromatic carbocycles. The molecule has 1 atom stereocenters. The number of amides is 1. The standard InChI is InChI=1S/C19H23FN2O3S/c1-4-14(2)21-26(24,25)18-10-8-16(9-11-18)19(23)22(3)13-15-6-5-7-17(20)12-15/h5-12,14,21H,4,13H2,1-3H3. The summed E-state index contributed by atoms with van der Waals surface area (Å²) in [4.78, 5) is 14.1. The van der Waals surface area contributed by atoms with E-state index in [-0.39, 0.29) is 29.2 Å². The maximum absolute atomic E-state index is 13.2. The van der Waals surface area contributed by atoms with Crippen LogP contribution in [0.15, 0.2) is 53.4 Å². The molecule has 0 fully saturated rings. The maximum Gasteiger partial charge on any atom is 0.253 e. The summed E-state index contributed by atoms with van der Waals surface area (Å²) < 4.78 is 40.3. The van der Waals surface area contributed by atoms with E-state index in [2.05, 4.69) is 4.72 Å². The van der Waals surface area contributed by atoms with Crippen LogP contribution in [0.2, 0.25) is 0 Å². The van der Waals surface area contributed by atoms with Gasteiger partial charge in [0.2, 0.25) is 10.0 Å². The molecule has 0 saturated carbocycles. The van der Waals surface area contributed by atoms with Crippen LogP contribution >= 0.6 is 0 Å². The third-order valence-electron chi connectivity index (χ3n) is 4.04. The van der Waals surface area contributed by atoms with E-state index in [4.69, 9.17) is 0 Å². The lowest BCUT2D eigenvalue weighted by Gasteiger charge is -2.18. The molecule has 0 aliphatic rings. The molecule has 0 radical (unpaired) electrons. The van der Waals surface area contributed by atoms with E-state index in [0.29, 0.717) is 17.5 Å². The van der Waals surface area contributed by atoms with Crippen molar-refractivity contribution >= 4 is 15.9 Å². The van der Waals surface area contributed by atoms with Crippen molar-refractivity contribution in [3.05, 3.63) is 65.5 Å². The molecule has 5 nitrogen and oxygen atoms in total. The van der Waals surface area contributed by atoms with Crippen LogP contribution in [0.25, 0.3) is 0 Å². The number of halogens is 1. The van der Waals surface area contributed by atoms with Gasteiger partial charge in [0.05, 0.1) is 4.90 Å². The van der Waals surface area contributed by atoms with E-state index in [0.717, 1.165) is 0 Å². The first-order valence-corrected chi connectivity index (χ1v) is 9.83. The largest absolute Gasteiger partial charge is 0.337 e. The predicted molar refractivity (Wildman–Crippen MR) is 98.7 cm³/mol. The van der Waals surface area contributed by atoms with Gasteiger partial charge >= 0.3 is 0 Å². The van der Waals surface area contributed by atoms with Crippen LogP contribution in [0.1, 0.15) is 36.2 Å². The highest BCUT2D eigenvalue weighted by Gasteiger charge is 2.18. The normalized spacial score (nSPS) is 12.6. The molecular formula is C19H23FN2O3S. The average molecular weight is 378 g/mol. The number of hydrogen-bond acceptors (Lipinski definition) is 3. The van der Waals surface area contributed by atoms with E-state index in [1.807, 2.05) is 6.92 Å². The summed E-state index contributed by atoms with van der Waals surface area (Å²) in [6.45, 7) is 3.94. The first-order valence-electron chi connectivity index (χ1n) is 8.35.